The van der Waals surface area contributed by atoms with E-state index in [0.717, 1.165) is 25.2 Å². The molecule has 0 spiro atoms. The number of amides is 1. The van der Waals surface area contributed by atoms with E-state index in [9.17, 15) is 4.79 Å². The van der Waals surface area contributed by atoms with Crippen molar-refractivity contribution in [3.05, 3.63) is 30.1 Å². The van der Waals surface area contributed by atoms with Crippen LogP contribution in [0, 0.1) is 0 Å². The van der Waals surface area contributed by atoms with E-state index in [1.807, 2.05) is 39.0 Å². The van der Waals surface area contributed by atoms with E-state index >= 15 is 0 Å². The number of carbonyl (C=O) groups excluding carboxylic acids is 1. The number of carbonyl (C=O) groups is 1. The Bertz CT molecular complexity index is 374. The summed E-state index contributed by atoms with van der Waals surface area (Å²) >= 11 is 0. The average molecular weight is 265 g/mol. The van der Waals surface area contributed by atoms with Crippen molar-refractivity contribution in [1.82, 2.24) is 15.6 Å². The fourth-order valence-electron chi connectivity index (χ4n) is 1.44. The largest absolute Gasteiger partial charge is 0.444 e. The second-order valence-corrected chi connectivity index (χ2v) is 5.28. The van der Waals surface area contributed by atoms with Crippen LogP contribution in [0.4, 0.5) is 4.79 Å². The van der Waals surface area contributed by atoms with Crippen molar-refractivity contribution in [3.8, 4) is 0 Å². The van der Waals surface area contributed by atoms with Crippen LogP contribution in [-0.4, -0.2) is 29.8 Å². The van der Waals surface area contributed by atoms with Gasteiger partial charge in [-0.25, -0.2) is 4.79 Å². The number of hydrogen-bond acceptors (Lipinski definition) is 4. The van der Waals surface area contributed by atoms with Gasteiger partial charge in [0.1, 0.15) is 5.60 Å². The molecule has 0 unspecified atom stereocenters. The molecule has 1 aromatic heterocycles. The van der Waals surface area contributed by atoms with Crippen LogP contribution in [0.5, 0.6) is 0 Å². The second-order valence-electron chi connectivity index (χ2n) is 5.28. The van der Waals surface area contributed by atoms with Gasteiger partial charge in [-0.1, -0.05) is 6.07 Å². The van der Waals surface area contributed by atoms with Gasteiger partial charge in [0.25, 0.3) is 0 Å². The van der Waals surface area contributed by atoms with Crippen molar-refractivity contribution in [2.45, 2.75) is 39.3 Å². The summed E-state index contributed by atoms with van der Waals surface area (Å²) < 4.78 is 5.13. The highest BCUT2D eigenvalue weighted by molar-refractivity contribution is 5.67. The molecule has 0 aliphatic heterocycles. The lowest BCUT2D eigenvalue weighted by atomic mass is 10.2. The Morgan fingerprint density at radius 2 is 2.11 bits per heavy atom. The minimum Gasteiger partial charge on any atom is -0.444 e. The van der Waals surface area contributed by atoms with E-state index in [2.05, 4.69) is 15.6 Å². The Kier molecular flexibility index (Phi) is 6.29. The maximum atomic E-state index is 11.3. The quantitative estimate of drug-likeness (QED) is 0.773. The predicted octanol–water partition coefficient (Wildman–Crippen LogP) is 2.09. The van der Waals surface area contributed by atoms with Gasteiger partial charge in [-0.05, 0) is 45.9 Å². The zero-order chi connectivity index (χ0) is 14.1. The summed E-state index contributed by atoms with van der Waals surface area (Å²) in [6.07, 6.45) is 2.27. The number of nitrogens with one attached hydrogen (secondary N) is 2. The number of hydrogen-bond donors (Lipinski definition) is 2. The summed E-state index contributed by atoms with van der Waals surface area (Å²) in [6, 6.07) is 5.84. The predicted molar refractivity (Wildman–Crippen MR) is 74.8 cm³/mol. The minimum absolute atomic E-state index is 0.364. The van der Waals surface area contributed by atoms with E-state index < -0.39 is 5.60 Å². The molecule has 1 heterocycles. The van der Waals surface area contributed by atoms with Crippen LogP contribution in [0.25, 0.3) is 0 Å². The second kappa shape index (κ2) is 7.74. The Hall–Kier alpha value is -1.62. The highest BCUT2D eigenvalue weighted by atomic mass is 16.6. The Morgan fingerprint density at radius 3 is 2.74 bits per heavy atom. The highest BCUT2D eigenvalue weighted by Gasteiger charge is 2.15. The molecular formula is C14H23N3O2. The summed E-state index contributed by atoms with van der Waals surface area (Å²) in [6.45, 7) is 7.72. The zero-order valence-corrected chi connectivity index (χ0v) is 11.9. The van der Waals surface area contributed by atoms with Gasteiger partial charge in [0.2, 0.25) is 0 Å². The Morgan fingerprint density at radius 1 is 1.32 bits per heavy atom. The van der Waals surface area contributed by atoms with Crippen LogP contribution >= 0.6 is 0 Å². The number of aromatic nitrogens is 1. The van der Waals surface area contributed by atoms with Crippen LogP contribution in [0.1, 0.15) is 32.9 Å². The Labute approximate surface area is 114 Å². The molecule has 2 N–H and O–H groups in total. The number of ether oxygens (including phenoxy) is 1. The van der Waals surface area contributed by atoms with Crippen molar-refractivity contribution in [2.75, 3.05) is 13.1 Å². The lowest BCUT2D eigenvalue weighted by Gasteiger charge is -2.19. The first kappa shape index (κ1) is 15.4. The van der Waals surface area contributed by atoms with Crippen molar-refractivity contribution in [1.29, 1.82) is 0 Å². The maximum Gasteiger partial charge on any atom is 0.407 e. The maximum absolute atomic E-state index is 11.3. The fraction of sp³-hybridized carbons (Fsp3) is 0.571. The first-order valence-electron chi connectivity index (χ1n) is 6.55. The molecule has 106 valence electrons. The van der Waals surface area contributed by atoms with Crippen molar-refractivity contribution in [2.24, 2.45) is 0 Å². The molecular weight excluding hydrogens is 242 g/mol. The Balaban J connectivity index is 2.01. The van der Waals surface area contributed by atoms with Crippen LogP contribution in [0.15, 0.2) is 24.4 Å². The molecule has 0 aliphatic rings. The molecule has 5 heteroatoms. The molecule has 0 saturated heterocycles. The number of rotatable bonds is 6. The van der Waals surface area contributed by atoms with Gasteiger partial charge in [-0.15, -0.1) is 0 Å². The third-order valence-electron chi connectivity index (χ3n) is 2.23. The standard InChI is InChI=1S/C14H23N3O2/c1-14(2,3)19-13(18)17-10-6-8-15-11-12-7-4-5-9-16-12/h4-5,7,9,15H,6,8,10-11H2,1-3H3,(H,17,18). The van der Waals surface area contributed by atoms with Crippen LogP contribution < -0.4 is 10.6 Å². The van der Waals surface area contributed by atoms with Gasteiger partial charge in [-0.2, -0.15) is 0 Å². The zero-order valence-electron chi connectivity index (χ0n) is 11.9. The molecule has 0 fully saturated rings. The lowest BCUT2D eigenvalue weighted by molar-refractivity contribution is 0.0527. The van der Waals surface area contributed by atoms with Crippen LogP contribution in [0.3, 0.4) is 0 Å². The molecule has 0 saturated carbocycles. The third-order valence-corrected chi connectivity index (χ3v) is 2.23. The highest BCUT2D eigenvalue weighted by Crippen LogP contribution is 2.06. The molecule has 19 heavy (non-hydrogen) atoms. The van der Waals surface area contributed by atoms with Gasteiger partial charge in [0.15, 0.2) is 0 Å². The van der Waals surface area contributed by atoms with E-state index in [4.69, 9.17) is 4.74 Å². The van der Waals surface area contributed by atoms with E-state index in [1.54, 1.807) is 6.20 Å². The number of pyridine rings is 1. The van der Waals surface area contributed by atoms with E-state index in [0.29, 0.717) is 6.54 Å². The molecule has 0 aliphatic carbocycles. The molecule has 0 aromatic carbocycles. The van der Waals surface area contributed by atoms with E-state index in [-0.39, 0.29) is 6.09 Å². The molecule has 1 amide bonds. The van der Waals surface area contributed by atoms with Crippen LogP contribution in [0.2, 0.25) is 0 Å². The summed E-state index contributed by atoms with van der Waals surface area (Å²) in [5.41, 5.74) is 0.573. The summed E-state index contributed by atoms with van der Waals surface area (Å²) in [4.78, 5) is 15.6. The van der Waals surface area contributed by atoms with Gasteiger partial charge >= 0.3 is 6.09 Å². The van der Waals surface area contributed by atoms with Gasteiger partial charge < -0.3 is 15.4 Å². The molecule has 1 aromatic rings. The first-order valence-corrected chi connectivity index (χ1v) is 6.55. The van der Waals surface area contributed by atoms with Gasteiger partial charge in [0, 0.05) is 19.3 Å². The van der Waals surface area contributed by atoms with Crippen molar-refractivity contribution >= 4 is 6.09 Å². The lowest BCUT2D eigenvalue weighted by Crippen LogP contribution is -2.33. The summed E-state index contributed by atoms with van der Waals surface area (Å²) in [7, 11) is 0. The molecule has 5 nitrogen and oxygen atoms in total. The number of nitrogens with zero attached hydrogens (tertiary/aromatic N) is 1. The van der Waals surface area contributed by atoms with Crippen LogP contribution in [-0.2, 0) is 11.3 Å². The third kappa shape index (κ3) is 8.15. The molecule has 0 atom stereocenters. The first-order chi connectivity index (χ1) is 8.97. The summed E-state index contributed by atoms with van der Waals surface area (Å²) in [5, 5.41) is 5.99. The molecule has 0 bridgehead atoms. The molecule has 1 rings (SSSR count). The average Bonchev–Trinajstić information content (AvgIpc) is 2.32. The normalized spacial score (nSPS) is 11.1. The van der Waals surface area contributed by atoms with E-state index in [1.165, 1.54) is 0 Å². The topological polar surface area (TPSA) is 63.2 Å². The van der Waals surface area contributed by atoms with Crippen molar-refractivity contribution < 1.29 is 9.53 Å². The van der Waals surface area contributed by atoms with Gasteiger partial charge in [0.05, 0.1) is 5.69 Å². The molecule has 0 radical (unpaired) electrons. The summed E-state index contributed by atoms with van der Waals surface area (Å²) in [5.74, 6) is 0. The minimum atomic E-state index is -0.443. The number of alkyl carbamates (subject to hydrolysis) is 1. The smallest absolute Gasteiger partial charge is 0.407 e. The fourth-order valence-corrected chi connectivity index (χ4v) is 1.44. The monoisotopic (exact) mass is 265 g/mol. The van der Waals surface area contributed by atoms with Gasteiger partial charge in [-0.3, -0.25) is 4.98 Å². The SMILES string of the molecule is CC(C)(C)OC(=O)NCCCNCc1ccccn1. The van der Waals surface area contributed by atoms with Crippen molar-refractivity contribution in [3.63, 3.8) is 0 Å².